The standard InChI is InChI=1S/C22H42O4/c1-15(2)11-22(14-21(8,9)10,19(25)26-13-16(3)4)17(18(23)24)12-20(5,6)7/h15-17H,11-14H2,1-10H3,(H,23,24). The Hall–Kier alpha value is -1.06. The molecule has 0 aliphatic rings. The van der Waals surface area contributed by atoms with Gasteiger partial charge in [-0.2, -0.15) is 0 Å². The minimum absolute atomic E-state index is 0.183. The fourth-order valence-electron chi connectivity index (χ4n) is 3.83. The number of rotatable bonds is 9. The third-order valence-corrected chi connectivity index (χ3v) is 4.35. The highest BCUT2D eigenvalue weighted by Gasteiger charge is 2.53. The van der Waals surface area contributed by atoms with Crippen LogP contribution in [0.1, 0.15) is 88.5 Å². The summed E-state index contributed by atoms with van der Waals surface area (Å²) in [6.07, 6.45) is 1.47. The number of hydrogen-bond donors (Lipinski definition) is 1. The first-order valence-electron chi connectivity index (χ1n) is 9.90. The molecule has 0 aromatic heterocycles. The van der Waals surface area contributed by atoms with Crippen LogP contribution >= 0.6 is 0 Å². The number of ether oxygens (including phenoxy) is 1. The highest BCUT2D eigenvalue weighted by molar-refractivity contribution is 5.85. The number of aliphatic carboxylic acids is 1. The lowest BCUT2D eigenvalue weighted by atomic mass is 9.60. The average Bonchev–Trinajstić information content (AvgIpc) is 2.37. The highest BCUT2D eigenvalue weighted by Crippen LogP contribution is 2.49. The summed E-state index contributed by atoms with van der Waals surface area (Å²) in [6.45, 7) is 20.7. The molecule has 0 aliphatic carbocycles. The Balaban J connectivity index is 6.26. The summed E-state index contributed by atoms with van der Waals surface area (Å²) >= 11 is 0. The molecular weight excluding hydrogens is 328 g/mol. The van der Waals surface area contributed by atoms with E-state index < -0.39 is 17.3 Å². The van der Waals surface area contributed by atoms with E-state index in [0.717, 1.165) is 0 Å². The van der Waals surface area contributed by atoms with Gasteiger partial charge in [-0.15, -0.1) is 0 Å². The van der Waals surface area contributed by atoms with Crippen LogP contribution in [0.4, 0.5) is 0 Å². The van der Waals surface area contributed by atoms with E-state index in [9.17, 15) is 14.7 Å². The lowest BCUT2D eigenvalue weighted by molar-refractivity contribution is -0.174. The molecule has 1 N–H and O–H groups in total. The van der Waals surface area contributed by atoms with Gasteiger partial charge in [0.05, 0.1) is 17.9 Å². The molecular formula is C22H42O4. The molecule has 0 heterocycles. The molecule has 0 aromatic rings. The van der Waals surface area contributed by atoms with Gasteiger partial charge in [-0.1, -0.05) is 69.2 Å². The van der Waals surface area contributed by atoms with E-state index in [0.29, 0.717) is 25.9 Å². The third-order valence-electron chi connectivity index (χ3n) is 4.35. The Labute approximate surface area is 161 Å². The van der Waals surface area contributed by atoms with Crippen LogP contribution in [0.5, 0.6) is 0 Å². The number of esters is 1. The smallest absolute Gasteiger partial charge is 0.312 e. The van der Waals surface area contributed by atoms with Crippen LogP contribution in [0.2, 0.25) is 0 Å². The summed E-state index contributed by atoms with van der Waals surface area (Å²) in [7, 11) is 0. The fourth-order valence-corrected chi connectivity index (χ4v) is 3.83. The molecule has 154 valence electrons. The second kappa shape index (κ2) is 9.23. The van der Waals surface area contributed by atoms with Gasteiger partial charge in [0.15, 0.2) is 0 Å². The second-order valence-electron chi connectivity index (χ2n) is 11.1. The molecule has 2 atom stereocenters. The topological polar surface area (TPSA) is 63.6 Å². The normalized spacial score (nSPS) is 16.5. The lowest BCUT2D eigenvalue weighted by Crippen LogP contribution is -2.48. The van der Waals surface area contributed by atoms with Crippen LogP contribution < -0.4 is 0 Å². The zero-order chi connectivity index (χ0) is 20.9. The van der Waals surface area contributed by atoms with Gasteiger partial charge in [0, 0.05) is 0 Å². The average molecular weight is 371 g/mol. The molecule has 2 unspecified atom stereocenters. The van der Waals surface area contributed by atoms with Crippen molar-refractivity contribution < 1.29 is 19.4 Å². The van der Waals surface area contributed by atoms with Crippen LogP contribution in [-0.2, 0) is 14.3 Å². The van der Waals surface area contributed by atoms with Crippen molar-refractivity contribution in [2.24, 2.45) is 34.0 Å². The van der Waals surface area contributed by atoms with Gasteiger partial charge < -0.3 is 9.84 Å². The summed E-state index contributed by atoms with van der Waals surface area (Å²) in [5.41, 5.74) is -1.39. The number of carbonyl (C=O) groups excluding carboxylic acids is 1. The van der Waals surface area contributed by atoms with E-state index >= 15 is 0 Å². The molecule has 4 heteroatoms. The lowest BCUT2D eigenvalue weighted by Gasteiger charge is -2.43. The predicted molar refractivity (Wildman–Crippen MR) is 107 cm³/mol. The molecule has 0 aromatic carbocycles. The van der Waals surface area contributed by atoms with Gasteiger partial charge in [0.25, 0.3) is 0 Å². The van der Waals surface area contributed by atoms with E-state index in [1.54, 1.807) is 0 Å². The molecule has 0 amide bonds. The first kappa shape index (κ1) is 24.9. The SMILES string of the molecule is CC(C)COC(=O)C(CC(C)C)(CC(C)(C)C)C(CC(C)(C)C)C(=O)O. The van der Waals surface area contributed by atoms with Gasteiger partial charge in [-0.3, -0.25) is 9.59 Å². The molecule has 0 saturated heterocycles. The Morgan fingerprint density at radius 1 is 0.846 bits per heavy atom. The van der Waals surface area contributed by atoms with E-state index in [2.05, 4.69) is 20.8 Å². The molecule has 0 fully saturated rings. The summed E-state index contributed by atoms with van der Waals surface area (Å²) in [6, 6.07) is 0. The van der Waals surface area contributed by atoms with Crippen LogP contribution in [0.25, 0.3) is 0 Å². The minimum Gasteiger partial charge on any atom is -0.481 e. The molecule has 0 bridgehead atoms. The zero-order valence-electron chi connectivity index (χ0n) is 18.7. The minimum atomic E-state index is -1.01. The van der Waals surface area contributed by atoms with Crippen molar-refractivity contribution in [3.63, 3.8) is 0 Å². The van der Waals surface area contributed by atoms with E-state index in [-0.39, 0.29) is 28.6 Å². The molecule has 0 saturated carbocycles. The maximum Gasteiger partial charge on any atom is 0.312 e. The first-order valence-corrected chi connectivity index (χ1v) is 9.90. The molecule has 0 aliphatic heterocycles. The number of hydrogen-bond acceptors (Lipinski definition) is 3. The Kier molecular flexibility index (Phi) is 8.86. The van der Waals surface area contributed by atoms with Crippen LogP contribution in [0.3, 0.4) is 0 Å². The van der Waals surface area contributed by atoms with Gasteiger partial charge in [-0.05, 0) is 41.9 Å². The van der Waals surface area contributed by atoms with Crippen LogP contribution in [0.15, 0.2) is 0 Å². The number of carboxylic acid groups (broad SMARTS) is 1. The second-order valence-corrected chi connectivity index (χ2v) is 11.1. The van der Waals surface area contributed by atoms with E-state index in [1.165, 1.54) is 0 Å². The maximum absolute atomic E-state index is 13.3. The van der Waals surface area contributed by atoms with Crippen molar-refractivity contribution in [2.45, 2.75) is 88.5 Å². The third kappa shape index (κ3) is 8.55. The summed E-state index contributed by atoms with van der Waals surface area (Å²) < 4.78 is 5.66. The summed E-state index contributed by atoms with van der Waals surface area (Å²) in [5.74, 6) is -1.58. The molecule has 0 spiro atoms. The van der Waals surface area contributed by atoms with E-state index in [1.807, 2.05) is 48.5 Å². The van der Waals surface area contributed by atoms with Crippen LogP contribution in [0, 0.1) is 34.0 Å². The predicted octanol–water partition coefficient (Wildman–Crippen LogP) is 5.79. The fraction of sp³-hybridized carbons (Fsp3) is 0.909. The molecule has 26 heavy (non-hydrogen) atoms. The quantitative estimate of drug-likeness (QED) is 0.522. The first-order chi connectivity index (χ1) is 11.5. The van der Waals surface area contributed by atoms with Gasteiger partial charge in [-0.25, -0.2) is 0 Å². The zero-order valence-corrected chi connectivity index (χ0v) is 18.7. The molecule has 0 radical (unpaired) electrons. The van der Waals surface area contributed by atoms with Gasteiger partial charge in [0.2, 0.25) is 0 Å². The van der Waals surface area contributed by atoms with Crippen molar-refractivity contribution in [1.82, 2.24) is 0 Å². The van der Waals surface area contributed by atoms with Crippen LogP contribution in [-0.4, -0.2) is 23.7 Å². The van der Waals surface area contributed by atoms with Crippen molar-refractivity contribution in [2.75, 3.05) is 6.61 Å². The summed E-state index contributed by atoms with van der Waals surface area (Å²) in [4.78, 5) is 25.7. The van der Waals surface area contributed by atoms with Crippen molar-refractivity contribution in [1.29, 1.82) is 0 Å². The molecule has 4 nitrogen and oxygen atoms in total. The summed E-state index contributed by atoms with van der Waals surface area (Å²) in [5, 5.41) is 10.1. The monoisotopic (exact) mass is 370 g/mol. The highest BCUT2D eigenvalue weighted by atomic mass is 16.5. The maximum atomic E-state index is 13.3. The largest absolute Gasteiger partial charge is 0.481 e. The van der Waals surface area contributed by atoms with Crippen molar-refractivity contribution in [3.8, 4) is 0 Å². The Bertz CT molecular complexity index is 466. The number of carboxylic acids is 1. The number of carbonyl (C=O) groups is 2. The Morgan fingerprint density at radius 3 is 1.65 bits per heavy atom. The van der Waals surface area contributed by atoms with E-state index in [4.69, 9.17) is 4.74 Å². The van der Waals surface area contributed by atoms with Gasteiger partial charge >= 0.3 is 11.9 Å². The Morgan fingerprint density at radius 2 is 1.35 bits per heavy atom. The van der Waals surface area contributed by atoms with Gasteiger partial charge in [0.1, 0.15) is 0 Å². The van der Waals surface area contributed by atoms with Crippen molar-refractivity contribution >= 4 is 11.9 Å². The molecule has 0 rings (SSSR count). The van der Waals surface area contributed by atoms with Crippen molar-refractivity contribution in [3.05, 3.63) is 0 Å².